The molecule has 0 saturated carbocycles. The van der Waals surface area contributed by atoms with E-state index in [0.717, 1.165) is 36.3 Å². The van der Waals surface area contributed by atoms with Gasteiger partial charge in [0.15, 0.2) is 6.61 Å². The zero-order valence-corrected chi connectivity index (χ0v) is 16.9. The standard InChI is InChI=1S/C19H21BrClN3O2/c1-23-8-10-24(11-9-23)18-7-4-15(12-17(18)21)22-19(25)13-26-16-5-2-14(20)3-6-16/h2-7,12H,8-11,13H2,1H3,(H,22,25). The Kier molecular flexibility index (Phi) is 6.40. The highest BCUT2D eigenvalue weighted by atomic mass is 79.9. The van der Waals surface area contributed by atoms with Crippen molar-refractivity contribution in [3.8, 4) is 5.75 Å². The molecule has 0 spiro atoms. The molecule has 1 aliphatic rings. The Labute approximate surface area is 167 Å². The number of hydrogen-bond acceptors (Lipinski definition) is 4. The van der Waals surface area contributed by atoms with Crippen molar-refractivity contribution in [3.63, 3.8) is 0 Å². The van der Waals surface area contributed by atoms with Crippen LogP contribution in [-0.2, 0) is 4.79 Å². The van der Waals surface area contributed by atoms with Crippen LogP contribution in [0.25, 0.3) is 0 Å². The van der Waals surface area contributed by atoms with Gasteiger partial charge in [0.25, 0.3) is 5.91 Å². The molecular weight excluding hydrogens is 418 g/mol. The summed E-state index contributed by atoms with van der Waals surface area (Å²) in [4.78, 5) is 16.6. The van der Waals surface area contributed by atoms with Gasteiger partial charge >= 0.3 is 0 Å². The number of halogens is 2. The summed E-state index contributed by atoms with van der Waals surface area (Å²) in [6.07, 6.45) is 0. The number of hydrogen-bond donors (Lipinski definition) is 1. The molecule has 5 nitrogen and oxygen atoms in total. The van der Waals surface area contributed by atoms with Crippen LogP contribution in [0.3, 0.4) is 0 Å². The van der Waals surface area contributed by atoms with Gasteiger partial charge in [-0.1, -0.05) is 27.5 Å². The minimum absolute atomic E-state index is 0.0561. The number of ether oxygens (including phenoxy) is 1. The Bertz CT molecular complexity index is 762. The first-order valence-corrected chi connectivity index (χ1v) is 9.59. The molecule has 3 rings (SSSR count). The fourth-order valence-corrected chi connectivity index (χ4v) is 3.33. The lowest BCUT2D eigenvalue weighted by atomic mass is 10.2. The smallest absolute Gasteiger partial charge is 0.262 e. The first-order chi connectivity index (χ1) is 12.5. The van der Waals surface area contributed by atoms with E-state index < -0.39 is 0 Å². The molecule has 26 heavy (non-hydrogen) atoms. The number of carbonyl (C=O) groups is 1. The summed E-state index contributed by atoms with van der Waals surface area (Å²) >= 11 is 9.79. The lowest BCUT2D eigenvalue weighted by Gasteiger charge is -2.34. The van der Waals surface area contributed by atoms with Crippen molar-refractivity contribution >= 4 is 44.8 Å². The lowest BCUT2D eigenvalue weighted by Crippen LogP contribution is -2.44. The lowest BCUT2D eigenvalue weighted by molar-refractivity contribution is -0.118. The molecule has 1 N–H and O–H groups in total. The monoisotopic (exact) mass is 437 g/mol. The van der Waals surface area contributed by atoms with E-state index in [9.17, 15) is 4.79 Å². The molecule has 2 aromatic carbocycles. The average molecular weight is 439 g/mol. The van der Waals surface area contributed by atoms with Crippen molar-refractivity contribution in [1.29, 1.82) is 0 Å². The summed E-state index contributed by atoms with van der Waals surface area (Å²) in [5.74, 6) is 0.420. The normalized spacial score (nSPS) is 15.0. The van der Waals surface area contributed by atoms with Gasteiger partial charge in [-0.05, 0) is 49.5 Å². The van der Waals surface area contributed by atoms with E-state index in [1.165, 1.54) is 0 Å². The molecule has 0 aliphatic carbocycles. The molecular formula is C19H21BrClN3O2. The molecule has 0 radical (unpaired) electrons. The molecule has 0 bridgehead atoms. The van der Waals surface area contributed by atoms with Crippen LogP contribution in [0.1, 0.15) is 0 Å². The van der Waals surface area contributed by atoms with E-state index in [0.29, 0.717) is 16.5 Å². The number of benzene rings is 2. The van der Waals surface area contributed by atoms with Crippen LogP contribution in [0.5, 0.6) is 5.75 Å². The highest BCUT2D eigenvalue weighted by molar-refractivity contribution is 9.10. The predicted octanol–water partition coefficient (Wildman–Crippen LogP) is 3.87. The number of nitrogens with one attached hydrogen (secondary N) is 1. The topological polar surface area (TPSA) is 44.8 Å². The SMILES string of the molecule is CN1CCN(c2ccc(NC(=O)COc3ccc(Br)cc3)cc2Cl)CC1. The van der Waals surface area contributed by atoms with Crippen molar-refractivity contribution < 1.29 is 9.53 Å². The summed E-state index contributed by atoms with van der Waals surface area (Å²) in [6.45, 7) is 3.87. The molecule has 0 aromatic heterocycles. The number of nitrogens with zero attached hydrogens (tertiary/aromatic N) is 2. The van der Waals surface area contributed by atoms with Gasteiger partial charge in [-0.25, -0.2) is 0 Å². The number of amides is 1. The Morgan fingerprint density at radius 2 is 1.85 bits per heavy atom. The third-order valence-electron chi connectivity index (χ3n) is 4.26. The average Bonchev–Trinajstić information content (AvgIpc) is 2.62. The Hall–Kier alpha value is -1.76. The van der Waals surface area contributed by atoms with E-state index >= 15 is 0 Å². The molecule has 0 unspecified atom stereocenters. The van der Waals surface area contributed by atoms with Gasteiger partial charge in [-0.2, -0.15) is 0 Å². The molecule has 7 heteroatoms. The van der Waals surface area contributed by atoms with Crippen LogP contribution in [0.15, 0.2) is 46.9 Å². The third-order valence-corrected chi connectivity index (χ3v) is 5.09. The van der Waals surface area contributed by atoms with Gasteiger partial charge in [-0.15, -0.1) is 0 Å². The second-order valence-electron chi connectivity index (χ2n) is 6.25. The van der Waals surface area contributed by atoms with E-state index in [1.54, 1.807) is 18.2 Å². The Morgan fingerprint density at radius 1 is 1.15 bits per heavy atom. The van der Waals surface area contributed by atoms with Crippen molar-refractivity contribution in [1.82, 2.24) is 4.90 Å². The van der Waals surface area contributed by atoms with E-state index in [1.807, 2.05) is 24.3 Å². The molecule has 2 aromatic rings. The van der Waals surface area contributed by atoms with E-state index in [-0.39, 0.29) is 12.5 Å². The summed E-state index contributed by atoms with van der Waals surface area (Å²) < 4.78 is 6.44. The van der Waals surface area contributed by atoms with Gasteiger partial charge in [0.1, 0.15) is 5.75 Å². The highest BCUT2D eigenvalue weighted by Crippen LogP contribution is 2.29. The first kappa shape index (κ1) is 19.0. The second kappa shape index (κ2) is 8.75. The van der Waals surface area contributed by atoms with Crippen molar-refractivity contribution in [3.05, 3.63) is 52.0 Å². The van der Waals surface area contributed by atoms with Crippen molar-refractivity contribution in [2.75, 3.05) is 50.1 Å². The summed E-state index contributed by atoms with van der Waals surface area (Å²) in [5, 5.41) is 3.46. The fourth-order valence-electron chi connectivity index (χ4n) is 2.77. The van der Waals surface area contributed by atoms with Crippen molar-refractivity contribution in [2.45, 2.75) is 0 Å². The molecule has 1 amide bonds. The van der Waals surface area contributed by atoms with Gasteiger partial charge < -0.3 is 19.9 Å². The second-order valence-corrected chi connectivity index (χ2v) is 7.57. The number of likely N-dealkylation sites (N-methyl/N-ethyl adjacent to an activating group) is 1. The Balaban J connectivity index is 1.55. The van der Waals surface area contributed by atoms with Crippen LogP contribution < -0.4 is 15.0 Å². The van der Waals surface area contributed by atoms with E-state index in [2.05, 4.69) is 38.1 Å². The summed E-state index contributed by atoms with van der Waals surface area (Å²) in [7, 11) is 2.12. The number of carbonyl (C=O) groups excluding carboxylic acids is 1. The van der Waals surface area contributed by atoms with Crippen LogP contribution >= 0.6 is 27.5 Å². The molecule has 1 saturated heterocycles. The highest BCUT2D eigenvalue weighted by Gasteiger charge is 2.17. The van der Waals surface area contributed by atoms with Crippen LogP contribution in [0.2, 0.25) is 5.02 Å². The molecule has 0 atom stereocenters. The fraction of sp³-hybridized carbons (Fsp3) is 0.316. The zero-order valence-electron chi connectivity index (χ0n) is 14.5. The maximum Gasteiger partial charge on any atom is 0.262 e. The van der Waals surface area contributed by atoms with Gasteiger partial charge in [0.2, 0.25) is 0 Å². The minimum Gasteiger partial charge on any atom is -0.484 e. The van der Waals surface area contributed by atoms with Crippen LogP contribution in [-0.4, -0.2) is 50.6 Å². The molecule has 1 fully saturated rings. The van der Waals surface area contributed by atoms with Gasteiger partial charge in [0, 0.05) is 36.3 Å². The molecule has 138 valence electrons. The predicted molar refractivity (Wildman–Crippen MR) is 109 cm³/mol. The van der Waals surface area contributed by atoms with Crippen LogP contribution in [0.4, 0.5) is 11.4 Å². The molecule has 1 aliphatic heterocycles. The van der Waals surface area contributed by atoms with Gasteiger partial charge in [0.05, 0.1) is 10.7 Å². The van der Waals surface area contributed by atoms with Crippen molar-refractivity contribution in [2.24, 2.45) is 0 Å². The minimum atomic E-state index is -0.226. The van der Waals surface area contributed by atoms with Gasteiger partial charge in [-0.3, -0.25) is 4.79 Å². The number of piperazine rings is 1. The maximum atomic E-state index is 12.1. The third kappa shape index (κ3) is 5.13. The quantitative estimate of drug-likeness (QED) is 0.770. The molecule has 1 heterocycles. The number of rotatable bonds is 5. The summed E-state index contributed by atoms with van der Waals surface area (Å²) in [5.41, 5.74) is 1.67. The van der Waals surface area contributed by atoms with Crippen LogP contribution in [0, 0.1) is 0 Å². The van der Waals surface area contributed by atoms with E-state index in [4.69, 9.17) is 16.3 Å². The largest absolute Gasteiger partial charge is 0.484 e. The first-order valence-electron chi connectivity index (χ1n) is 8.42. The zero-order chi connectivity index (χ0) is 18.5. The maximum absolute atomic E-state index is 12.1. The Morgan fingerprint density at radius 3 is 2.50 bits per heavy atom. The number of anilines is 2. The summed E-state index contributed by atoms with van der Waals surface area (Å²) in [6, 6.07) is 13.0.